The molecule has 1 heterocycles. The lowest BCUT2D eigenvalue weighted by atomic mass is 10.1. The molecule has 0 radical (unpaired) electrons. The normalized spacial score (nSPS) is 26.2. The van der Waals surface area contributed by atoms with Crippen LogP contribution >= 0.6 is 0 Å². The summed E-state index contributed by atoms with van der Waals surface area (Å²) >= 11 is 0. The molecule has 2 atom stereocenters. The van der Waals surface area contributed by atoms with E-state index in [0.29, 0.717) is 31.1 Å². The molecule has 2 fully saturated rings. The zero-order valence-corrected chi connectivity index (χ0v) is 11.6. The van der Waals surface area contributed by atoms with E-state index in [1.807, 2.05) is 6.07 Å². The lowest BCUT2D eigenvalue weighted by molar-refractivity contribution is 0.0951. The van der Waals surface area contributed by atoms with E-state index in [1.165, 1.54) is 22.5 Å². The molecule has 106 valence electrons. The van der Waals surface area contributed by atoms with Crippen LogP contribution in [0.15, 0.2) is 35.9 Å². The summed E-state index contributed by atoms with van der Waals surface area (Å²) in [6.45, 7) is 3.43. The monoisotopic (exact) mass is 272 g/mol. The first kappa shape index (κ1) is 13.2. The van der Waals surface area contributed by atoms with Crippen LogP contribution in [0.1, 0.15) is 18.9 Å². The van der Waals surface area contributed by atoms with Crippen molar-refractivity contribution in [2.24, 2.45) is 5.92 Å². The lowest BCUT2D eigenvalue weighted by Gasteiger charge is -2.37. The number of rotatable bonds is 4. The van der Waals surface area contributed by atoms with Crippen molar-refractivity contribution in [3.8, 4) is 0 Å². The highest BCUT2D eigenvalue weighted by atomic mass is 16.4. The Morgan fingerprint density at radius 2 is 2.05 bits per heavy atom. The Kier molecular flexibility index (Phi) is 3.49. The van der Waals surface area contributed by atoms with Gasteiger partial charge in [0.2, 0.25) is 0 Å². The number of amides is 1. The average Bonchev–Trinajstić information content (AvgIpc) is 3.13. The Hall–Kier alpha value is -1.81. The van der Waals surface area contributed by atoms with Gasteiger partial charge in [0.25, 0.3) is 0 Å². The summed E-state index contributed by atoms with van der Waals surface area (Å²) in [4.78, 5) is 12.1. The topological polar surface area (TPSA) is 52.6 Å². The number of hydrogen-bond acceptors (Lipinski definition) is 2. The van der Waals surface area contributed by atoms with Gasteiger partial charge in [-0.25, -0.2) is 4.79 Å². The summed E-state index contributed by atoms with van der Waals surface area (Å²) in [7, 11) is 0. The molecule has 4 heteroatoms. The molecule has 1 aromatic carbocycles. The van der Waals surface area contributed by atoms with E-state index in [2.05, 4.69) is 42.6 Å². The number of nitrogens with zero attached hydrogens (tertiary/aromatic N) is 1. The zero-order valence-electron chi connectivity index (χ0n) is 11.6. The summed E-state index contributed by atoms with van der Waals surface area (Å²) in [6, 6.07) is 11.2. The van der Waals surface area contributed by atoms with E-state index in [1.54, 1.807) is 0 Å². The van der Waals surface area contributed by atoms with Crippen molar-refractivity contribution >= 4 is 12.2 Å². The van der Waals surface area contributed by atoms with Gasteiger partial charge in [0.1, 0.15) is 0 Å². The summed E-state index contributed by atoms with van der Waals surface area (Å²) in [5, 5.41) is 12.3. The molecule has 3 rings (SSSR count). The van der Waals surface area contributed by atoms with Gasteiger partial charge in [-0.2, -0.15) is 0 Å². The van der Waals surface area contributed by atoms with Gasteiger partial charge in [0.15, 0.2) is 0 Å². The second-order valence-electron chi connectivity index (χ2n) is 5.80. The molecule has 2 aliphatic rings. The maximum atomic E-state index is 10.7. The molecule has 1 saturated carbocycles. The van der Waals surface area contributed by atoms with Crippen molar-refractivity contribution < 1.29 is 9.90 Å². The van der Waals surface area contributed by atoms with Gasteiger partial charge in [-0.05, 0) is 24.8 Å². The number of hydrogen-bond donors (Lipinski definition) is 2. The highest BCUT2D eigenvalue weighted by Gasteiger charge is 2.42. The van der Waals surface area contributed by atoms with Gasteiger partial charge in [-0.3, -0.25) is 0 Å². The number of likely N-dealkylation sites (tertiary alicyclic amines) is 1. The zero-order chi connectivity index (χ0) is 14.1. The molecule has 2 unspecified atom stereocenters. The quantitative estimate of drug-likeness (QED) is 0.885. The molecule has 1 aliphatic carbocycles. The molecule has 0 bridgehead atoms. The van der Waals surface area contributed by atoms with Crippen LogP contribution in [-0.4, -0.2) is 41.3 Å². The first-order valence-corrected chi connectivity index (χ1v) is 7.10. The second-order valence-corrected chi connectivity index (χ2v) is 5.80. The molecule has 1 aromatic rings. The van der Waals surface area contributed by atoms with E-state index in [9.17, 15) is 4.79 Å². The molecule has 0 spiro atoms. The number of nitrogens with one attached hydrogen (secondary N) is 1. The van der Waals surface area contributed by atoms with E-state index in [0.717, 1.165) is 0 Å². The first-order chi connectivity index (χ1) is 9.63. The fraction of sp³-hybridized carbons (Fsp3) is 0.438. The Morgan fingerprint density at radius 3 is 2.70 bits per heavy atom. The third-order valence-electron chi connectivity index (χ3n) is 4.17. The summed E-state index contributed by atoms with van der Waals surface area (Å²) in [5.74, 6) is 0.606. The van der Waals surface area contributed by atoms with Crippen LogP contribution in [0.5, 0.6) is 0 Å². The van der Waals surface area contributed by atoms with Gasteiger partial charge < -0.3 is 15.3 Å². The Balaban J connectivity index is 1.48. The van der Waals surface area contributed by atoms with E-state index in [4.69, 9.17) is 5.11 Å². The summed E-state index contributed by atoms with van der Waals surface area (Å²) < 4.78 is 0. The smallest absolute Gasteiger partial charge is 0.407 e. The number of benzene rings is 1. The van der Waals surface area contributed by atoms with Crippen LogP contribution in [-0.2, 0) is 0 Å². The van der Waals surface area contributed by atoms with Gasteiger partial charge in [-0.1, -0.05) is 42.0 Å². The van der Waals surface area contributed by atoms with Gasteiger partial charge in [0.05, 0.1) is 0 Å². The first-order valence-electron chi connectivity index (χ1n) is 7.10. The van der Waals surface area contributed by atoms with Crippen LogP contribution < -0.4 is 5.32 Å². The third-order valence-corrected chi connectivity index (χ3v) is 4.17. The maximum absolute atomic E-state index is 10.7. The molecular formula is C16H20N2O2. The lowest BCUT2D eigenvalue weighted by Crippen LogP contribution is -2.60. The number of carboxylic acid groups (broad SMARTS) is 1. The minimum Gasteiger partial charge on any atom is -0.465 e. The molecule has 0 aromatic heterocycles. The standard InChI is InChI=1S/C16H20N2O2/c1-11(7-12-5-3-2-4-6-12)14-8-15(14)17-13-9-18(10-13)16(19)20/h2-7,13-15,17H,8-10H2,1H3,(H,19,20). The molecule has 1 saturated heterocycles. The van der Waals surface area contributed by atoms with Gasteiger partial charge in [0, 0.05) is 25.2 Å². The van der Waals surface area contributed by atoms with Crippen LogP contribution in [0, 0.1) is 5.92 Å². The van der Waals surface area contributed by atoms with E-state index in [-0.39, 0.29) is 0 Å². The van der Waals surface area contributed by atoms with Crippen LogP contribution in [0.25, 0.3) is 6.08 Å². The third kappa shape index (κ3) is 2.85. The van der Waals surface area contributed by atoms with Crippen molar-refractivity contribution in [3.63, 3.8) is 0 Å². The fourth-order valence-corrected chi connectivity index (χ4v) is 2.84. The Labute approximate surface area is 119 Å². The van der Waals surface area contributed by atoms with Crippen molar-refractivity contribution in [2.45, 2.75) is 25.4 Å². The van der Waals surface area contributed by atoms with Crippen LogP contribution in [0.3, 0.4) is 0 Å². The summed E-state index contributed by atoms with van der Waals surface area (Å²) in [5.41, 5.74) is 2.65. The van der Waals surface area contributed by atoms with Crippen LogP contribution in [0.2, 0.25) is 0 Å². The maximum Gasteiger partial charge on any atom is 0.407 e. The van der Waals surface area contributed by atoms with Crippen molar-refractivity contribution in [3.05, 3.63) is 41.5 Å². The highest BCUT2D eigenvalue weighted by Crippen LogP contribution is 2.38. The van der Waals surface area contributed by atoms with E-state index >= 15 is 0 Å². The average molecular weight is 272 g/mol. The summed E-state index contributed by atoms with van der Waals surface area (Å²) in [6.07, 6.45) is 2.60. The molecule has 1 aliphatic heterocycles. The minimum atomic E-state index is -0.810. The van der Waals surface area contributed by atoms with Crippen molar-refractivity contribution in [1.82, 2.24) is 10.2 Å². The fourth-order valence-electron chi connectivity index (χ4n) is 2.84. The van der Waals surface area contributed by atoms with Gasteiger partial charge in [-0.15, -0.1) is 0 Å². The molecule has 4 nitrogen and oxygen atoms in total. The largest absolute Gasteiger partial charge is 0.465 e. The molecular weight excluding hydrogens is 252 g/mol. The highest BCUT2D eigenvalue weighted by molar-refractivity contribution is 5.66. The SMILES string of the molecule is CC(=Cc1ccccc1)C1CC1NC1CN(C(=O)O)C1. The predicted octanol–water partition coefficient (Wildman–Crippen LogP) is 2.43. The molecule has 20 heavy (non-hydrogen) atoms. The Bertz CT molecular complexity index is 521. The van der Waals surface area contributed by atoms with E-state index < -0.39 is 6.09 Å². The second kappa shape index (κ2) is 5.29. The molecule has 2 N–H and O–H groups in total. The minimum absolute atomic E-state index is 0.339. The predicted molar refractivity (Wildman–Crippen MR) is 78.5 cm³/mol. The Morgan fingerprint density at radius 1 is 1.35 bits per heavy atom. The van der Waals surface area contributed by atoms with Crippen molar-refractivity contribution in [2.75, 3.05) is 13.1 Å². The van der Waals surface area contributed by atoms with Crippen molar-refractivity contribution in [1.29, 1.82) is 0 Å². The molecule has 1 amide bonds. The number of carbonyl (C=O) groups is 1. The van der Waals surface area contributed by atoms with Gasteiger partial charge >= 0.3 is 6.09 Å². The van der Waals surface area contributed by atoms with Crippen LogP contribution in [0.4, 0.5) is 4.79 Å².